The van der Waals surface area contributed by atoms with Gasteiger partial charge in [0.2, 0.25) is 0 Å². The van der Waals surface area contributed by atoms with Crippen molar-refractivity contribution in [1.29, 1.82) is 5.26 Å². The molecule has 2 aliphatic carbocycles. The molecule has 1 nitrogen and oxygen atoms in total. The van der Waals surface area contributed by atoms with Crippen LogP contribution in [0.4, 0.5) is 0 Å². The second-order valence-electron chi connectivity index (χ2n) is 10.2. The van der Waals surface area contributed by atoms with Crippen molar-refractivity contribution in [3.8, 4) is 6.07 Å². The normalized spacial score (nSPS) is 27.0. The van der Waals surface area contributed by atoms with Crippen LogP contribution in [0.5, 0.6) is 0 Å². The summed E-state index contributed by atoms with van der Waals surface area (Å²) in [4.78, 5) is 0. The third-order valence-electron chi connectivity index (χ3n) is 7.95. The molecule has 0 amide bonds. The third-order valence-corrected chi connectivity index (χ3v) is 7.95. The number of benzene rings is 1. The van der Waals surface area contributed by atoms with Gasteiger partial charge in [0.15, 0.2) is 0 Å². The van der Waals surface area contributed by atoms with Crippen LogP contribution in [0.1, 0.15) is 107 Å². The van der Waals surface area contributed by atoms with E-state index in [4.69, 9.17) is 5.26 Å². The second kappa shape index (κ2) is 13.6. The first-order valence-corrected chi connectivity index (χ1v) is 13.1. The molecule has 0 aromatic heterocycles. The molecule has 0 atom stereocenters. The summed E-state index contributed by atoms with van der Waals surface area (Å²) >= 11 is 0. The number of hydrogen-bond acceptors (Lipinski definition) is 1. The van der Waals surface area contributed by atoms with E-state index >= 15 is 0 Å². The first-order valence-electron chi connectivity index (χ1n) is 13.1. The molecule has 1 aromatic rings. The number of allylic oxidation sites excluding steroid dienone is 4. The van der Waals surface area contributed by atoms with Crippen molar-refractivity contribution in [2.24, 2.45) is 17.8 Å². The van der Waals surface area contributed by atoms with E-state index in [1.165, 1.54) is 89.0 Å². The molecule has 0 unspecified atom stereocenters. The summed E-state index contributed by atoms with van der Waals surface area (Å²) in [7, 11) is 0. The van der Waals surface area contributed by atoms with Gasteiger partial charge in [-0.3, -0.25) is 0 Å². The molecule has 0 radical (unpaired) electrons. The maximum atomic E-state index is 8.49. The van der Waals surface area contributed by atoms with Gasteiger partial charge < -0.3 is 0 Å². The minimum Gasteiger partial charge on any atom is -0.193 e. The average Bonchev–Trinajstić information content (AvgIpc) is 2.82. The summed E-state index contributed by atoms with van der Waals surface area (Å²) in [6.45, 7) is 2.26. The fraction of sp³-hybridized carbons (Fsp3) is 0.633. The molecule has 1 aromatic carbocycles. The van der Waals surface area contributed by atoms with Crippen molar-refractivity contribution in [1.82, 2.24) is 0 Å². The molecular weight excluding hydrogens is 374 g/mol. The van der Waals surface area contributed by atoms with Gasteiger partial charge in [0.05, 0.1) is 6.07 Å². The molecule has 0 bridgehead atoms. The predicted octanol–water partition coefficient (Wildman–Crippen LogP) is 8.92. The van der Waals surface area contributed by atoms with Gasteiger partial charge in [-0.25, -0.2) is 0 Å². The maximum absolute atomic E-state index is 8.49. The molecule has 1 heteroatoms. The highest BCUT2D eigenvalue weighted by Gasteiger charge is 2.25. The Balaban J connectivity index is 1.28. The largest absolute Gasteiger partial charge is 0.193 e. The van der Waals surface area contributed by atoms with Crippen molar-refractivity contribution < 1.29 is 0 Å². The summed E-state index contributed by atoms with van der Waals surface area (Å²) < 4.78 is 0. The molecule has 0 saturated heterocycles. The Morgan fingerprint density at radius 3 is 1.97 bits per heavy atom. The van der Waals surface area contributed by atoms with Crippen LogP contribution in [0.2, 0.25) is 0 Å². The first kappa shape index (κ1) is 23.8. The zero-order valence-electron chi connectivity index (χ0n) is 19.8. The highest BCUT2D eigenvalue weighted by atomic mass is 14.3. The van der Waals surface area contributed by atoms with Crippen molar-refractivity contribution in [2.45, 2.75) is 103 Å². The summed E-state index contributed by atoms with van der Waals surface area (Å²) in [6, 6.07) is 11.6. The number of hydrogen-bond donors (Lipinski definition) is 0. The van der Waals surface area contributed by atoms with Crippen molar-refractivity contribution in [2.75, 3.05) is 0 Å². The molecule has 3 rings (SSSR count). The summed E-state index contributed by atoms with van der Waals surface area (Å²) in [5.41, 5.74) is 3.09. The van der Waals surface area contributed by atoms with Crippen LogP contribution >= 0.6 is 0 Å². The Hall–Kier alpha value is -1.81. The van der Waals surface area contributed by atoms with Gasteiger partial charge in [-0.1, -0.05) is 94.4 Å². The highest BCUT2D eigenvalue weighted by Crippen LogP contribution is 2.40. The van der Waals surface area contributed by atoms with Gasteiger partial charge in [0.1, 0.15) is 0 Å². The minimum atomic E-state index is 0.812. The Morgan fingerprint density at radius 2 is 1.39 bits per heavy atom. The zero-order valence-corrected chi connectivity index (χ0v) is 19.8. The van der Waals surface area contributed by atoms with Crippen molar-refractivity contribution in [3.63, 3.8) is 0 Å². The standard InChI is InChI=1S/C30H43N/c1-2-8-25-16-20-29(21-17-25)30-22-18-28(19-23-30)15-14-27-12-10-26(11-13-27)9-6-4-3-5-7-24-31/h3-5,7,16-17,20-21,26-28,30H,2,6,8-15,18-19,22-23H2,1H3. The van der Waals surface area contributed by atoms with E-state index in [1.54, 1.807) is 11.6 Å². The van der Waals surface area contributed by atoms with E-state index in [9.17, 15) is 0 Å². The number of aryl methyl sites for hydroxylation is 1. The Morgan fingerprint density at radius 1 is 0.806 bits per heavy atom. The summed E-state index contributed by atoms with van der Waals surface area (Å²) in [5, 5.41) is 8.49. The van der Waals surface area contributed by atoms with E-state index < -0.39 is 0 Å². The van der Waals surface area contributed by atoms with Gasteiger partial charge in [-0.2, -0.15) is 5.26 Å². The summed E-state index contributed by atoms with van der Waals surface area (Å²) in [6.07, 6.45) is 27.0. The zero-order chi connectivity index (χ0) is 21.7. The fourth-order valence-corrected chi connectivity index (χ4v) is 5.92. The third kappa shape index (κ3) is 8.33. The van der Waals surface area contributed by atoms with E-state index in [0.29, 0.717) is 0 Å². The second-order valence-corrected chi connectivity index (χ2v) is 10.2. The Labute approximate surface area is 191 Å². The molecule has 2 saturated carbocycles. The number of rotatable bonds is 10. The topological polar surface area (TPSA) is 23.8 Å². The lowest BCUT2D eigenvalue weighted by molar-refractivity contribution is 0.225. The molecule has 2 aliphatic rings. The molecule has 0 heterocycles. The number of nitrogens with zero attached hydrogens (tertiary/aromatic N) is 1. The van der Waals surface area contributed by atoms with Crippen molar-refractivity contribution >= 4 is 0 Å². The van der Waals surface area contributed by atoms with Crippen LogP contribution in [0, 0.1) is 29.1 Å². The molecule has 168 valence electrons. The average molecular weight is 418 g/mol. The van der Waals surface area contributed by atoms with Crippen molar-refractivity contribution in [3.05, 3.63) is 59.7 Å². The molecule has 2 fully saturated rings. The lowest BCUT2D eigenvalue weighted by Crippen LogP contribution is -2.17. The van der Waals surface area contributed by atoms with Crippen LogP contribution in [-0.4, -0.2) is 0 Å². The van der Waals surface area contributed by atoms with E-state index in [0.717, 1.165) is 30.1 Å². The monoisotopic (exact) mass is 417 g/mol. The van der Waals surface area contributed by atoms with Crippen LogP contribution in [0.3, 0.4) is 0 Å². The fourth-order valence-electron chi connectivity index (χ4n) is 5.92. The Kier molecular flexibility index (Phi) is 10.4. The van der Waals surface area contributed by atoms with Crippen LogP contribution in [0.25, 0.3) is 0 Å². The van der Waals surface area contributed by atoms with Crippen LogP contribution < -0.4 is 0 Å². The van der Waals surface area contributed by atoms with Crippen LogP contribution in [-0.2, 0) is 6.42 Å². The maximum Gasteiger partial charge on any atom is 0.0912 e. The smallest absolute Gasteiger partial charge is 0.0912 e. The quantitative estimate of drug-likeness (QED) is 0.275. The molecule has 0 spiro atoms. The molecule has 0 aliphatic heterocycles. The lowest BCUT2D eigenvalue weighted by atomic mass is 9.74. The number of nitriles is 1. The van der Waals surface area contributed by atoms with Gasteiger partial charge in [-0.15, -0.1) is 0 Å². The highest BCUT2D eigenvalue weighted by molar-refractivity contribution is 5.25. The molecule has 0 N–H and O–H groups in total. The van der Waals surface area contributed by atoms with E-state index in [2.05, 4.69) is 37.3 Å². The Bertz CT molecular complexity index is 704. The summed E-state index contributed by atoms with van der Waals surface area (Å²) in [5.74, 6) is 3.72. The van der Waals surface area contributed by atoms with Gasteiger partial charge >= 0.3 is 0 Å². The molecule has 31 heavy (non-hydrogen) atoms. The lowest BCUT2D eigenvalue weighted by Gasteiger charge is -2.32. The van der Waals surface area contributed by atoms with E-state index in [1.807, 2.05) is 18.2 Å². The minimum absolute atomic E-state index is 0.812. The van der Waals surface area contributed by atoms with Gasteiger partial charge in [0.25, 0.3) is 0 Å². The van der Waals surface area contributed by atoms with Gasteiger partial charge in [-0.05, 0) is 79.7 Å². The predicted molar refractivity (Wildman–Crippen MR) is 133 cm³/mol. The SMILES string of the molecule is CCCc1ccc(C2CCC(CCC3CCC(CCC=CC=CC#N)CC3)CC2)cc1. The molecular formula is C30H43N. The van der Waals surface area contributed by atoms with Gasteiger partial charge in [0, 0.05) is 6.08 Å². The van der Waals surface area contributed by atoms with Crippen LogP contribution in [0.15, 0.2) is 48.6 Å². The van der Waals surface area contributed by atoms with E-state index in [-0.39, 0.29) is 0 Å². The first-order chi connectivity index (χ1) is 15.3.